The number of hydrogen-bond acceptors (Lipinski definition) is 2. The van der Waals surface area contributed by atoms with Gasteiger partial charge in [-0.2, -0.15) is 0 Å². The fraction of sp³-hybridized carbons (Fsp3) is 1.00. The first-order chi connectivity index (χ1) is 5.22. The van der Waals surface area contributed by atoms with E-state index in [1.165, 1.54) is 0 Å². The molecule has 0 bridgehead atoms. The van der Waals surface area contributed by atoms with Gasteiger partial charge in [-0.3, -0.25) is 0 Å². The van der Waals surface area contributed by atoms with E-state index in [0.717, 1.165) is 13.2 Å². The molecule has 0 saturated carbocycles. The van der Waals surface area contributed by atoms with Gasteiger partial charge in [-0.15, -0.1) is 0 Å². The maximum absolute atomic E-state index is 4.98. The van der Waals surface area contributed by atoms with E-state index in [1.54, 1.807) is 7.11 Å². The van der Waals surface area contributed by atoms with E-state index < -0.39 is 0 Å². The van der Waals surface area contributed by atoms with Crippen LogP contribution in [0.3, 0.4) is 0 Å². The molecule has 0 fully saturated rings. The molecule has 2 heteroatoms. The van der Waals surface area contributed by atoms with Crippen LogP contribution in [0.5, 0.6) is 0 Å². The molecule has 0 aliphatic rings. The molecule has 0 spiro atoms. The van der Waals surface area contributed by atoms with E-state index in [2.05, 4.69) is 25.8 Å². The van der Waals surface area contributed by atoms with Crippen LogP contribution in [0.2, 0.25) is 0 Å². The predicted octanol–water partition coefficient (Wildman–Crippen LogP) is 2.00. The summed E-state index contributed by atoms with van der Waals surface area (Å²) >= 11 is 0. The van der Waals surface area contributed by atoms with Crippen molar-refractivity contribution in [3.05, 3.63) is 0 Å². The van der Waals surface area contributed by atoms with Gasteiger partial charge in [0.05, 0.1) is 6.61 Å². The van der Waals surface area contributed by atoms with Crippen LogP contribution in [-0.4, -0.2) is 38.3 Å². The van der Waals surface area contributed by atoms with E-state index in [9.17, 15) is 0 Å². The van der Waals surface area contributed by atoms with E-state index in [-0.39, 0.29) is 0 Å². The minimum absolute atomic E-state index is 0.542. The Bertz CT molecular complexity index is 66.6. The highest BCUT2D eigenvalue weighted by Gasteiger charge is 2.04. The van der Waals surface area contributed by atoms with Crippen LogP contribution in [-0.2, 0) is 4.74 Å². The minimum atomic E-state index is 0.542. The molecule has 0 rings (SSSR count). The number of likely N-dealkylation sites (N-methyl/N-ethyl adjacent to an activating group) is 1. The second-order valence-corrected chi connectivity index (χ2v) is 2.38. The number of methoxy groups -OCH3 is 1. The Hall–Kier alpha value is -0.0800. The smallest absolute Gasteiger partial charge is 0.0615 e. The largest absolute Gasteiger partial charge is 0.383 e. The van der Waals surface area contributed by atoms with Crippen LogP contribution in [0, 0.1) is 0 Å². The monoisotopic (exact) mass is 161 g/mol. The van der Waals surface area contributed by atoms with E-state index >= 15 is 0 Å². The van der Waals surface area contributed by atoms with E-state index in [1.807, 2.05) is 13.8 Å². The molecule has 2 nitrogen and oxygen atoms in total. The van der Waals surface area contributed by atoms with Gasteiger partial charge in [0.1, 0.15) is 0 Å². The van der Waals surface area contributed by atoms with Gasteiger partial charge in [0.2, 0.25) is 0 Å². The minimum Gasteiger partial charge on any atom is -0.383 e. The first-order valence-electron chi connectivity index (χ1n) is 4.41. The summed E-state index contributed by atoms with van der Waals surface area (Å²) in [4.78, 5) is 2.25. The lowest BCUT2D eigenvalue weighted by atomic mass is 10.3. The fourth-order valence-electron chi connectivity index (χ4n) is 0.680. The zero-order valence-corrected chi connectivity index (χ0v) is 8.85. The van der Waals surface area contributed by atoms with Crippen molar-refractivity contribution in [1.29, 1.82) is 0 Å². The molecule has 11 heavy (non-hydrogen) atoms. The van der Waals surface area contributed by atoms with Gasteiger partial charge in [0, 0.05) is 13.2 Å². The SMILES string of the molecule is CC.CCN(C)[C@@H](C)COC. The van der Waals surface area contributed by atoms with Gasteiger partial charge in [-0.25, -0.2) is 0 Å². The molecule has 0 aliphatic carbocycles. The zero-order valence-electron chi connectivity index (χ0n) is 8.85. The second-order valence-electron chi connectivity index (χ2n) is 2.38. The molecular weight excluding hydrogens is 138 g/mol. The molecule has 0 aromatic carbocycles. The Balaban J connectivity index is 0. The van der Waals surface area contributed by atoms with E-state index in [4.69, 9.17) is 4.74 Å². The molecule has 0 aromatic heterocycles. The highest BCUT2D eigenvalue weighted by molar-refractivity contribution is 4.58. The van der Waals surface area contributed by atoms with Crippen molar-refractivity contribution >= 4 is 0 Å². The van der Waals surface area contributed by atoms with Gasteiger partial charge < -0.3 is 9.64 Å². The van der Waals surface area contributed by atoms with Crippen LogP contribution >= 0.6 is 0 Å². The number of rotatable bonds is 4. The van der Waals surface area contributed by atoms with Crippen molar-refractivity contribution in [3.63, 3.8) is 0 Å². The normalized spacial score (nSPS) is 12.3. The average molecular weight is 161 g/mol. The Morgan fingerprint density at radius 2 is 1.82 bits per heavy atom. The average Bonchev–Trinajstić information content (AvgIpc) is 2.07. The Morgan fingerprint density at radius 3 is 2.09 bits per heavy atom. The molecule has 0 heterocycles. The first kappa shape index (κ1) is 13.5. The Labute approximate surface area is 71.5 Å². The molecule has 0 unspecified atom stereocenters. The molecule has 0 aliphatic heterocycles. The lowest BCUT2D eigenvalue weighted by Gasteiger charge is -2.21. The lowest BCUT2D eigenvalue weighted by molar-refractivity contribution is 0.119. The molecule has 70 valence electrons. The molecule has 0 amide bonds. The van der Waals surface area contributed by atoms with Gasteiger partial charge in [-0.1, -0.05) is 20.8 Å². The van der Waals surface area contributed by atoms with Gasteiger partial charge >= 0.3 is 0 Å². The maximum Gasteiger partial charge on any atom is 0.0615 e. The third-order valence-electron chi connectivity index (χ3n) is 1.66. The van der Waals surface area contributed by atoms with Crippen molar-refractivity contribution in [1.82, 2.24) is 4.90 Å². The summed E-state index contributed by atoms with van der Waals surface area (Å²) in [6, 6.07) is 0.542. The third kappa shape index (κ3) is 7.82. The van der Waals surface area contributed by atoms with Crippen molar-refractivity contribution in [3.8, 4) is 0 Å². The van der Waals surface area contributed by atoms with Gasteiger partial charge in [-0.05, 0) is 20.5 Å². The number of nitrogens with zero attached hydrogens (tertiary/aromatic N) is 1. The molecule has 1 atom stereocenters. The van der Waals surface area contributed by atoms with Crippen LogP contribution < -0.4 is 0 Å². The highest BCUT2D eigenvalue weighted by atomic mass is 16.5. The summed E-state index contributed by atoms with van der Waals surface area (Å²) in [5.74, 6) is 0. The van der Waals surface area contributed by atoms with Gasteiger partial charge in [0.25, 0.3) is 0 Å². The summed E-state index contributed by atoms with van der Waals surface area (Å²) in [6.07, 6.45) is 0. The van der Waals surface area contributed by atoms with Gasteiger partial charge in [0.15, 0.2) is 0 Å². The van der Waals surface area contributed by atoms with Crippen LogP contribution in [0.15, 0.2) is 0 Å². The molecular formula is C9H23NO. The third-order valence-corrected chi connectivity index (χ3v) is 1.66. The standard InChI is InChI=1S/C7H17NO.C2H6/c1-5-8(3)7(2)6-9-4;1-2/h7H,5-6H2,1-4H3;1-2H3/t7-;/m0./s1. The fourth-order valence-corrected chi connectivity index (χ4v) is 0.680. The Morgan fingerprint density at radius 1 is 1.36 bits per heavy atom. The highest BCUT2D eigenvalue weighted by Crippen LogP contribution is 1.93. The maximum atomic E-state index is 4.98. The topological polar surface area (TPSA) is 12.5 Å². The summed E-state index contributed by atoms with van der Waals surface area (Å²) in [5, 5.41) is 0. The van der Waals surface area contributed by atoms with Crippen molar-refractivity contribution in [2.75, 3.05) is 27.3 Å². The second kappa shape index (κ2) is 9.92. The summed E-state index contributed by atoms with van der Waals surface area (Å²) in [5.41, 5.74) is 0. The van der Waals surface area contributed by atoms with Crippen LogP contribution in [0.25, 0.3) is 0 Å². The molecule has 0 N–H and O–H groups in total. The van der Waals surface area contributed by atoms with Crippen molar-refractivity contribution in [2.24, 2.45) is 0 Å². The summed E-state index contributed by atoms with van der Waals surface area (Å²) in [7, 11) is 3.84. The van der Waals surface area contributed by atoms with E-state index in [0.29, 0.717) is 6.04 Å². The number of hydrogen-bond donors (Lipinski definition) is 0. The summed E-state index contributed by atoms with van der Waals surface area (Å²) in [6.45, 7) is 10.2. The van der Waals surface area contributed by atoms with Crippen LogP contribution in [0.4, 0.5) is 0 Å². The lowest BCUT2D eigenvalue weighted by Crippen LogP contribution is -2.32. The van der Waals surface area contributed by atoms with Crippen molar-refractivity contribution < 1.29 is 4.74 Å². The molecule has 0 saturated heterocycles. The summed E-state index contributed by atoms with van der Waals surface area (Å²) < 4.78 is 4.98. The van der Waals surface area contributed by atoms with Crippen LogP contribution in [0.1, 0.15) is 27.7 Å². The number of ether oxygens (including phenoxy) is 1. The predicted molar refractivity (Wildman–Crippen MR) is 51.0 cm³/mol. The molecule has 0 aromatic rings. The first-order valence-corrected chi connectivity index (χ1v) is 4.41. The van der Waals surface area contributed by atoms with Crippen molar-refractivity contribution in [2.45, 2.75) is 33.7 Å². The Kier molecular flexibility index (Phi) is 12.2. The zero-order chi connectivity index (χ0) is 9.28. The quantitative estimate of drug-likeness (QED) is 0.625. The molecule has 0 radical (unpaired) electrons.